The van der Waals surface area contributed by atoms with Crippen molar-refractivity contribution in [3.63, 3.8) is 0 Å². The number of amides is 1. The van der Waals surface area contributed by atoms with Crippen molar-refractivity contribution in [2.75, 3.05) is 25.0 Å². The summed E-state index contributed by atoms with van der Waals surface area (Å²) < 4.78 is 0. The Hall–Kier alpha value is -2.20. The first-order valence-electron chi connectivity index (χ1n) is 6.60. The molecule has 20 heavy (non-hydrogen) atoms. The van der Waals surface area contributed by atoms with E-state index in [2.05, 4.69) is 15.3 Å². The topological polar surface area (TPSA) is 108 Å². The molecule has 0 saturated carbocycles. The van der Waals surface area contributed by atoms with Crippen LogP contribution in [0.1, 0.15) is 24.2 Å². The maximum atomic E-state index is 10.9. The number of aromatic nitrogens is 2. The van der Waals surface area contributed by atoms with Gasteiger partial charge in [0.2, 0.25) is 11.9 Å². The molecule has 0 spiro atoms. The molecule has 1 aromatic rings. The third-order valence-corrected chi connectivity index (χ3v) is 3.27. The van der Waals surface area contributed by atoms with E-state index in [4.69, 9.17) is 11.0 Å². The zero-order valence-corrected chi connectivity index (χ0v) is 11.5. The molecular formula is C13H18N6O. The molecule has 1 amide bonds. The van der Waals surface area contributed by atoms with Gasteiger partial charge in [-0.05, 0) is 25.8 Å². The fourth-order valence-electron chi connectivity index (χ4n) is 2.33. The molecule has 0 aliphatic carbocycles. The number of nitriles is 1. The number of piperidine rings is 1. The Bertz CT molecular complexity index is 530. The average Bonchev–Trinajstić information content (AvgIpc) is 2.39. The van der Waals surface area contributed by atoms with Gasteiger partial charge in [0.25, 0.3) is 0 Å². The second-order valence-electron chi connectivity index (χ2n) is 4.99. The minimum absolute atomic E-state index is 0.257. The first kappa shape index (κ1) is 14.2. The van der Waals surface area contributed by atoms with Gasteiger partial charge in [-0.2, -0.15) is 5.26 Å². The highest BCUT2D eigenvalue weighted by Crippen LogP contribution is 2.14. The highest BCUT2D eigenvalue weighted by atomic mass is 16.1. The van der Waals surface area contributed by atoms with E-state index >= 15 is 0 Å². The number of primary amides is 1. The van der Waals surface area contributed by atoms with Crippen molar-refractivity contribution in [1.29, 1.82) is 5.26 Å². The van der Waals surface area contributed by atoms with Crippen LogP contribution in [0.25, 0.3) is 0 Å². The minimum atomic E-state index is -0.294. The number of nitrogens with zero attached hydrogens (tertiary/aromatic N) is 4. The third kappa shape index (κ3) is 3.90. The van der Waals surface area contributed by atoms with Crippen molar-refractivity contribution < 1.29 is 4.79 Å². The molecule has 1 aromatic heterocycles. The Morgan fingerprint density at radius 1 is 1.55 bits per heavy atom. The number of hydrogen-bond acceptors (Lipinski definition) is 6. The maximum Gasteiger partial charge on any atom is 0.231 e. The molecule has 7 nitrogen and oxygen atoms in total. The second kappa shape index (κ2) is 6.30. The van der Waals surface area contributed by atoms with E-state index in [0.29, 0.717) is 18.2 Å². The lowest BCUT2D eigenvalue weighted by molar-refractivity contribution is -0.119. The lowest BCUT2D eigenvalue weighted by Gasteiger charge is -2.31. The number of nitrogens with one attached hydrogen (secondary N) is 1. The summed E-state index contributed by atoms with van der Waals surface area (Å²) in [7, 11) is 0. The van der Waals surface area contributed by atoms with Gasteiger partial charge in [0.05, 0.1) is 6.54 Å². The highest BCUT2D eigenvalue weighted by molar-refractivity contribution is 5.75. The first-order chi connectivity index (χ1) is 9.56. The number of likely N-dealkylation sites (tertiary alicyclic amines) is 1. The molecule has 0 unspecified atom stereocenters. The summed E-state index contributed by atoms with van der Waals surface area (Å²) >= 11 is 0. The van der Waals surface area contributed by atoms with E-state index in [9.17, 15) is 4.79 Å². The largest absolute Gasteiger partial charge is 0.369 e. The molecule has 2 heterocycles. The number of carbonyl (C=O) groups excluding carboxylic acids is 1. The van der Waals surface area contributed by atoms with Crippen LogP contribution in [-0.4, -0.2) is 46.5 Å². The Morgan fingerprint density at radius 2 is 2.25 bits per heavy atom. The van der Waals surface area contributed by atoms with E-state index in [0.717, 1.165) is 31.6 Å². The molecule has 1 saturated heterocycles. The molecule has 1 fully saturated rings. The van der Waals surface area contributed by atoms with Crippen molar-refractivity contribution in [2.45, 2.75) is 25.8 Å². The summed E-state index contributed by atoms with van der Waals surface area (Å²) in [5, 5.41) is 12.1. The fraction of sp³-hybridized carbons (Fsp3) is 0.538. The maximum absolute atomic E-state index is 10.9. The predicted octanol–water partition coefficient (Wildman–Crippen LogP) is 0.0183. The number of hydrogen-bond donors (Lipinski definition) is 2. The number of rotatable bonds is 4. The zero-order chi connectivity index (χ0) is 14.5. The van der Waals surface area contributed by atoms with E-state index in [1.807, 2.05) is 17.9 Å². The molecule has 1 aliphatic rings. The SMILES string of the molecule is Cc1cc(C#N)nc(NC2CCN(CC(N)=O)CC2)n1. The van der Waals surface area contributed by atoms with E-state index in [1.165, 1.54) is 0 Å². The molecule has 1 aliphatic heterocycles. The normalized spacial score (nSPS) is 16.6. The van der Waals surface area contributed by atoms with Gasteiger partial charge in [0.15, 0.2) is 0 Å². The standard InChI is InChI=1S/C13H18N6O/c1-9-6-11(7-14)18-13(16-9)17-10-2-4-19(5-3-10)8-12(15)20/h6,10H,2-5,8H2,1H3,(H2,15,20)(H,16,17,18). The van der Waals surface area contributed by atoms with Gasteiger partial charge in [-0.15, -0.1) is 0 Å². The number of nitrogens with two attached hydrogens (primary N) is 1. The molecule has 0 radical (unpaired) electrons. The second-order valence-corrected chi connectivity index (χ2v) is 4.99. The monoisotopic (exact) mass is 274 g/mol. The van der Waals surface area contributed by atoms with Crippen LogP contribution in [-0.2, 0) is 4.79 Å². The van der Waals surface area contributed by atoms with Crippen LogP contribution in [0.3, 0.4) is 0 Å². The van der Waals surface area contributed by atoms with Gasteiger partial charge < -0.3 is 11.1 Å². The van der Waals surface area contributed by atoms with Crippen molar-refractivity contribution in [3.8, 4) is 6.07 Å². The van der Waals surface area contributed by atoms with Crippen molar-refractivity contribution in [3.05, 3.63) is 17.5 Å². The lowest BCUT2D eigenvalue weighted by atomic mass is 10.1. The Labute approximate surface area is 117 Å². The molecule has 0 atom stereocenters. The van der Waals surface area contributed by atoms with Gasteiger partial charge >= 0.3 is 0 Å². The van der Waals surface area contributed by atoms with Crippen LogP contribution >= 0.6 is 0 Å². The summed E-state index contributed by atoms with van der Waals surface area (Å²) in [5.41, 5.74) is 6.32. The van der Waals surface area contributed by atoms with E-state index in [-0.39, 0.29) is 11.9 Å². The van der Waals surface area contributed by atoms with Gasteiger partial charge in [-0.3, -0.25) is 9.69 Å². The van der Waals surface area contributed by atoms with Crippen LogP contribution < -0.4 is 11.1 Å². The molecule has 106 valence electrons. The van der Waals surface area contributed by atoms with Gasteiger partial charge in [0.1, 0.15) is 11.8 Å². The molecule has 0 bridgehead atoms. The summed E-state index contributed by atoms with van der Waals surface area (Å²) in [4.78, 5) is 21.3. The number of carbonyl (C=O) groups is 1. The van der Waals surface area contributed by atoms with E-state index < -0.39 is 0 Å². The van der Waals surface area contributed by atoms with Crippen LogP contribution in [0, 0.1) is 18.3 Å². The fourth-order valence-corrected chi connectivity index (χ4v) is 2.33. The molecule has 3 N–H and O–H groups in total. The minimum Gasteiger partial charge on any atom is -0.369 e. The Balaban J connectivity index is 1.91. The predicted molar refractivity (Wildman–Crippen MR) is 73.8 cm³/mol. The summed E-state index contributed by atoms with van der Waals surface area (Å²) in [6, 6.07) is 3.93. The van der Waals surface area contributed by atoms with Gasteiger partial charge in [-0.1, -0.05) is 0 Å². The first-order valence-corrected chi connectivity index (χ1v) is 6.60. The van der Waals surface area contributed by atoms with Crippen molar-refractivity contribution in [1.82, 2.24) is 14.9 Å². The lowest BCUT2D eigenvalue weighted by Crippen LogP contribution is -2.43. The smallest absolute Gasteiger partial charge is 0.231 e. The van der Waals surface area contributed by atoms with Crippen molar-refractivity contribution in [2.24, 2.45) is 5.73 Å². The zero-order valence-electron chi connectivity index (χ0n) is 11.5. The summed E-state index contributed by atoms with van der Waals surface area (Å²) in [5.74, 6) is 0.201. The molecule has 0 aromatic carbocycles. The average molecular weight is 274 g/mol. The highest BCUT2D eigenvalue weighted by Gasteiger charge is 2.20. The Kier molecular flexibility index (Phi) is 4.48. The number of anilines is 1. The number of aryl methyl sites for hydroxylation is 1. The van der Waals surface area contributed by atoms with Crippen molar-refractivity contribution >= 4 is 11.9 Å². The summed E-state index contributed by atoms with van der Waals surface area (Å²) in [6.45, 7) is 3.78. The van der Waals surface area contributed by atoms with Gasteiger partial charge in [-0.25, -0.2) is 9.97 Å². The Morgan fingerprint density at radius 3 is 2.85 bits per heavy atom. The quantitative estimate of drug-likeness (QED) is 0.801. The summed E-state index contributed by atoms with van der Waals surface area (Å²) in [6.07, 6.45) is 1.79. The third-order valence-electron chi connectivity index (χ3n) is 3.27. The molecule has 7 heteroatoms. The van der Waals surface area contributed by atoms with Crippen LogP contribution in [0.2, 0.25) is 0 Å². The van der Waals surface area contributed by atoms with E-state index in [1.54, 1.807) is 6.07 Å². The molecule has 2 rings (SSSR count). The van der Waals surface area contributed by atoms with Crippen LogP contribution in [0.4, 0.5) is 5.95 Å². The van der Waals surface area contributed by atoms with Crippen LogP contribution in [0.5, 0.6) is 0 Å². The molecular weight excluding hydrogens is 256 g/mol. The van der Waals surface area contributed by atoms with Gasteiger partial charge in [0, 0.05) is 24.8 Å². The van der Waals surface area contributed by atoms with Crippen LogP contribution in [0.15, 0.2) is 6.07 Å².